The summed E-state index contributed by atoms with van der Waals surface area (Å²) in [5, 5.41) is 7.52. The van der Waals surface area contributed by atoms with E-state index >= 15 is 0 Å². The summed E-state index contributed by atoms with van der Waals surface area (Å²) in [7, 11) is 0. The molecule has 5 heteroatoms. The second-order valence-corrected chi connectivity index (χ2v) is 16.2. The quantitative estimate of drug-likeness (QED) is 0.174. The van der Waals surface area contributed by atoms with Crippen molar-refractivity contribution in [1.29, 1.82) is 0 Å². The molecule has 0 fully saturated rings. The van der Waals surface area contributed by atoms with E-state index in [0.717, 1.165) is 46.2 Å². The van der Waals surface area contributed by atoms with Gasteiger partial charge in [0.1, 0.15) is 17.3 Å². The standard InChI is InChI=1S/C44H50N4O/c1-27-14-13-15-28(2)41(27)42-29(3)46-48(30(42)4)33-22-32(44(8,9)10)23-35(25-33)49-34-18-19-37-36-16-11-12-17-38(36)47(39(37)26-34)40-24-31(20-21-45-40)43(5,6)7/h11-12,14,16-26,28,41H,13,15H2,1-10H3/t28-,41?/m0/s1. The number of nitrogens with zero attached hydrogens (tertiary/aromatic N) is 4. The largest absolute Gasteiger partial charge is 0.457 e. The van der Waals surface area contributed by atoms with Crippen LogP contribution in [0.25, 0.3) is 33.3 Å². The van der Waals surface area contributed by atoms with E-state index in [1.165, 1.54) is 45.2 Å². The lowest BCUT2D eigenvalue weighted by molar-refractivity contribution is 0.447. The molecular weight excluding hydrogens is 601 g/mol. The zero-order chi connectivity index (χ0) is 34.8. The van der Waals surface area contributed by atoms with Gasteiger partial charge in [-0.3, -0.25) is 4.57 Å². The van der Waals surface area contributed by atoms with Gasteiger partial charge in [0.15, 0.2) is 0 Å². The highest BCUT2D eigenvalue weighted by Crippen LogP contribution is 2.42. The van der Waals surface area contributed by atoms with Crippen molar-refractivity contribution < 1.29 is 4.74 Å². The lowest BCUT2D eigenvalue weighted by Gasteiger charge is -2.29. The molecule has 0 amide bonds. The SMILES string of the molecule is CC1=CCC[C@H](C)C1c1c(C)nn(-c2cc(Oc3ccc4c5ccccc5n(-c5cc(C(C)(C)C)ccn5)c4c3)cc(C(C)(C)C)c2)c1C. The van der Waals surface area contributed by atoms with E-state index in [2.05, 4.69) is 157 Å². The Hall–Kier alpha value is -4.64. The first kappa shape index (κ1) is 32.9. The smallest absolute Gasteiger partial charge is 0.137 e. The van der Waals surface area contributed by atoms with Crippen LogP contribution in [0.5, 0.6) is 11.5 Å². The molecule has 49 heavy (non-hydrogen) atoms. The molecule has 3 heterocycles. The molecule has 1 unspecified atom stereocenters. The van der Waals surface area contributed by atoms with Crippen molar-refractivity contribution in [1.82, 2.24) is 19.3 Å². The first-order valence-electron chi connectivity index (χ1n) is 17.8. The van der Waals surface area contributed by atoms with Crippen LogP contribution in [0.1, 0.15) is 102 Å². The van der Waals surface area contributed by atoms with Gasteiger partial charge < -0.3 is 4.74 Å². The average Bonchev–Trinajstić information content (AvgIpc) is 3.53. The number of hydrogen-bond acceptors (Lipinski definition) is 3. The average molecular weight is 651 g/mol. The van der Waals surface area contributed by atoms with Crippen molar-refractivity contribution >= 4 is 21.8 Å². The minimum absolute atomic E-state index is 0.0108. The maximum atomic E-state index is 6.79. The molecule has 2 atom stereocenters. The van der Waals surface area contributed by atoms with E-state index in [0.29, 0.717) is 11.8 Å². The molecule has 1 aliphatic rings. The predicted octanol–water partition coefficient (Wildman–Crippen LogP) is 11.8. The Kier molecular flexibility index (Phi) is 8.09. The third kappa shape index (κ3) is 5.98. The van der Waals surface area contributed by atoms with E-state index < -0.39 is 0 Å². The molecule has 0 spiro atoms. The topological polar surface area (TPSA) is 44.9 Å². The van der Waals surface area contributed by atoms with Crippen molar-refractivity contribution in [2.24, 2.45) is 5.92 Å². The molecule has 0 saturated carbocycles. The van der Waals surface area contributed by atoms with Crippen molar-refractivity contribution in [3.05, 3.63) is 119 Å². The van der Waals surface area contributed by atoms with Gasteiger partial charge in [0.05, 0.1) is 22.4 Å². The van der Waals surface area contributed by atoms with Gasteiger partial charge in [0.2, 0.25) is 0 Å². The van der Waals surface area contributed by atoms with Crippen LogP contribution in [-0.2, 0) is 10.8 Å². The molecule has 1 aliphatic carbocycles. The fraction of sp³-hybridized carbons (Fsp3) is 0.364. The number of fused-ring (bicyclic) bond motifs is 3. The predicted molar refractivity (Wildman–Crippen MR) is 204 cm³/mol. The highest BCUT2D eigenvalue weighted by molar-refractivity contribution is 6.09. The Morgan fingerprint density at radius 2 is 1.49 bits per heavy atom. The van der Waals surface area contributed by atoms with Crippen LogP contribution < -0.4 is 4.74 Å². The molecule has 0 aliphatic heterocycles. The van der Waals surface area contributed by atoms with Crippen LogP contribution >= 0.6 is 0 Å². The minimum Gasteiger partial charge on any atom is -0.457 e. The fourth-order valence-electron chi connectivity index (χ4n) is 7.79. The second kappa shape index (κ2) is 12.0. The maximum absolute atomic E-state index is 6.79. The molecule has 0 bridgehead atoms. The number of para-hydroxylation sites is 1. The van der Waals surface area contributed by atoms with Gasteiger partial charge in [0, 0.05) is 46.3 Å². The van der Waals surface area contributed by atoms with E-state index in [1.807, 2.05) is 6.20 Å². The fourth-order valence-corrected chi connectivity index (χ4v) is 7.79. The lowest BCUT2D eigenvalue weighted by Crippen LogP contribution is -2.16. The minimum atomic E-state index is -0.0790. The molecular formula is C44H50N4O. The van der Waals surface area contributed by atoms with Gasteiger partial charge >= 0.3 is 0 Å². The third-order valence-electron chi connectivity index (χ3n) is 10.5. The van der Waals surface area contributed by atoms with E-state index in [1.54, 1.807) is 0 Å². The van der Waals surface area contributed by atoms with Crippen LogP contribution in [0.4, 0.5) is 0 Å². The summed E-state index contributed by atoms with van der Waals surface area (Å²) in [4.78, 5) is 4.86. The van der Waals surface area contributed by atoms with Crippen LogP contribution in [0.15, 0.2) is 90.6 Å². The van der Waals surface area contributed by atoms with Crippen LogP contribution in [0.2, 0.25) is 0 Å². The maximum Gasteiger partial charge on any atom is 0.137 e. The van der Waals surface area contributed by atoms with Crippen LogP contribution in [0.3, 0.4) is 0 Å². The number of aryl methyl sites for hydroxylation is 1. The number of rotatable bonds is 5. The molecule has 0 saturated heterocycles. The number of pyridine rings is 1. The Labute approximate surface area is 291 Å². The second-order valence-electron chi connectivity index (χ2n) is 16.2. The Morgan fingerprint density at radius 3 is 2.22 bits per heavy atom. The first-order chi connectivity index (χ1) is 23.2. The lowest BCUT2D eigenvalue weighted by atomic mass is 9.75. The number of allylic oxidation sites excluding steroid dienone is 2. The van der Waals surface area contributed by atoms with E-state index in [4.69, 9.17) is 14.8 Å². The van der Waals surface area contributed by atoms with E-state index in [-0.39, 0.29) is 10.8 Å². The van der Waals surface area contributed by atoms with Gasteiger partial charge in [-0.2, -0.15) is 5.10 Å². The summed E-state index contributed by atoms with van der Waals surface area (Å²) in [6.07, 6.45) is 6.72. The summed E-state index contributed by atoms with van der Waals surface area (Å²) >= 11 is 0. The molecule has 5 nitrogen and oxygen atoms in total. The molecule has 7 rings (SSSR count). The van der Waals surface area contributed by atoms with Gasteiger partial charge in [0.25, 0.3) is 0 Å². The van der Waals surface area contributed by atoms with Crippen LogP contribution in [-0.4, -0.2) is 19.3 Å². The summed E-state index contributed by atoms with van der Waals surface area (Å²) in [5.41, 5.74) is 10.7. The Balaban J connectivity index is 1.34. The van der Waals surface area contributed by atoms with Gasteiger partial charge in [-0.1, -0.05) is 78.3 Å². The number of benzene rings is 3. The Bertz CT molecular complexity index is 2230. The molecule has 3 aromatic heterocycles. The summed E-state index contributed by atoms with van der Waals surface area (Å²) in [5.74, 6) is 3.49. The number of aromatic nitrogens is 4. The molecule has 6 aromatic rings. The van der Waals surface area contributed by atoms with Crippen molar-refractivity contribution in [2.75, 3.05) is 0 Å². The van der Waals surface area contributed by atoms with Crippen molar-refractivity contribution in [3.63, 3.8) is 0 Å². The zero-order valence-electron chi connectivity index (χ0n) is 30.8. The van der Waals surface area contributed by atoms with Gasteiger partial charge in [-0.05, 0) is 104 Å². The molecule has 3 aromatic carbocycles. The number of ether oxygens (including phenoxy) is 1. The van der Waals surface area contributed by atoms with Crippen molar-refractivity contribution in [2.45, 2.75) is 98.8 Å². The van der Waals surface area contributed by atoms with Crippen molar-refractivity contribution in [3.8, 4) is 23.0 Å². The molecule has 0 radical (unpaired) electrons. The number of hydrogen-bond donors (Lipinski definition) is 0. The van der Waals surface area contributed by atoms with Crippen LogP contribution in [0, 0.1) is 19.8 Å². The first-order valence-corrected chi connectivity index (χ1v) is 17.8. The summed E-state index contributed by atoms with van der Waals surface area (Å²) < 4.78 is 11.2. The monoisotopic (exact) mass is 650 g/mol. The van der Waals surface area contributed by atoms with Gasteiger partial charge in [-0.25, -0.2) is 9.67 Å². The van der Waals surface area contributed by atoms with E-state index in [9.17, 15) is 0 Å². The normalized spacial score (nSPS) is 17.1. The molecule has 0 N–H and O–H groups in total. The molecule has 252 valence electrons. The summed E-state index contributed by atoms with van der Waals surface area (Å²) in [6.45, 7) is 22.6. The Morgan fingerprint density at radius 1 is 0.755 bits per heavy atom. The zero-order valence-corrected chi connectivity index (χ0v) is 30.8. The van der Waals surface area contributed by atoms with Gasteiger partial charge in [-0.15, -0.1) is 0 Å². The third-order valence-corrected chi connectivity index (χ3v) is 10.5. The summed E-state index contributed by atoms with van der Waals surface area (Å²) in [6, 6.07) is 25.9. The highest BCUT2D eigenvalue weighted by Gasteiger charge is 2.30. The highest BCUT2D eigenvalue weighted by atomic mass is 16.5.